The topological polar surface area (TPSA) is 54.5 Å². The number of rotatable bonds is 0. The minimum Gasteiger partial charge on any atom is -0.338 e. The lowest BCUT2D eigenvalue weighted by Crippen LogP contribution is -1.83. The highest BCUT2D eigenvalue weighted by atomic mass is 14.9. The van der Waals surface area contributed by atoms with Crippen LogP contribution in [-0.2, 0) is 0 Å². The molecule has 0 aliphatic rings. The Bertz CT molecular complexity index is 612. The van der Waals surface area contributed by atoms with Gasteiger partial charge in [-0.1, -0.05) is 0 Å². The summed E-state index contributed by atoms with van der Waals surface area (Å²) in [6, 6.07) is 1.98. The van der Waals surface area contributed by atoms with Crippen molar-refractivity contribution in [2.45, 2.75) is 6.92 Å². The maximum Gasteiger partial charge on any atom is 0.142 e. The molecule has 4 nitrogen and oxygen atoms in total. The van der Waals surface area contributed by atoms with Gasteiger partial charge in [-0.3, -0.25) is 4.98 Å². The van der Waals surface area contributed by atoms with Gasteiger partial charge in [0, 0.05) is 17.0 Å². The van der Waals surface area contributed by atoms with Crippen molar-refractivity contribution in [2.75, 3.05) is 0 Å². The standard InChI is InChI=1S/C10H8N4/c1-6-9-7-2-3-11-4-8(7)14-10(9)13-5-12-6/h2-5H,1H3,(H,12,13,14). The van der Waals surface area contributed by atoms with Crippen LogP contribution in [0.1, 0.15) is 5.69 Å². The van der Waals surface area contributed by atoms with Gasteiger partial charge in [-0.2, -0.15) is 0 Å². The quantitative estimate of drug-likeness (QED) is 0.579. The van der Waals surface area contributed by atoms with Crippen LogP contribution in [0.2, 0.25) is 0 Å². The molecule has 0 bridgehead atoms. The van der Waals surface area contributed by atoms with Crippen LogP contribution in [0, 0.1) is 6.92 Å². The molecule has 0 atom stereocenters. The first-order valence-corrected chi connectivity index (χ1v) is 4.39. The van der Waals surface area contributed by atoms with E-state index in [1.54, 1.807) is 18.7 Å². The van der Waals surface area contributed by atoms with E-state index in [1.165, 1.54) is 0 Å². The largest absolute Gasteiger partial charge is 0.338 e. The zero-order chi connectivity index (χ0) is 9.54. The Morgan fingerprint density at radius 3 is 3.14 bits per heavy atom. The number of pyridine rings is 1. The van der Waals surface area contributed by atoms with E-state index in [0.29, 0.717) is 0 Å². The highest BCUT2D eigenvalue weighted by Crippen LogP contribution is 2.24. The lowest BCUT2D eigenvalue weighted by molar-refractivity contribution is 1.14. The van der Waals surface area contributed by atoms with Gasteiger partial charge >= 0.3 is 0 Å². The third-order valence-electron chi connectivity index (χ3n) is 2.38. The van der Waals surface area contributed by atoms with E-state index in [9.17, 15) is 0 Å². The molecule has 0 aliphatic heterocycles. The monoisotopic (exact) mass is 184 g/mol. The molecule has 0 fully saturated rings. The molecule has 0 aromatic carbocycles. The van der Waals surface area contributed by atoms with Crippen LogP contribution in [0.25, 0.3) is 21.9 Å². The summed E-state index contributed by atoms with van der Waals surface area (Å²) in [5, 5.41) is 2.22. The zero-order valence-corrected chi connectivity index (χ0v) is 7.65. The summed E-state index contributed by atoms with van der Waals surface area (Å²) in [6.07, 6.45) is 5.15. The predicted molar refractivity (Wildman–Crippen MR) is 53.9 cm³/mol. The highest BCUT2D eigenvalue weighted by molar-refractivity contribution is 6.06. The van der Waals surface area contributed by atoms with Crippen LogP contribution in [0.15, 0.2) is 24.8 Å². The molecule has 0 aliphatic carbocycles. The van der Waals surface area contributed by atoms with Gasteiger partial charge < -0.3 is 4.98 Å². The summed E-state index contributed by atoms with van der Waals surface area (Å²) in [6.45, 7) is 1.98. The van der Waals surface area contributed by atoms with Crippen molar-refractivity contribution < 1.29 is 0 Å². The van der Waals surface area contributed by atoms with Crippen LogP contribution >= 0.6 is 0 Å². The second kappa shape index (κ2) is 2.51. The summed E-state index contributed by atoms with van der Waals surface area (Å²) >= 11 is 0. The fraction of sp³-hybridized carbons (Fsp3) is 0.100. The Morgan fingerprint density at radius 2 is 2.21 bits per heavy atom. The first kappa shape index (κ1) is 7.44. The minimum absolute atomic E-state index is 0.875. The Morgan fingerprint density at radius 1 is 1.29 bits per heavy atom. The van der Waals surface area contributed by atoms with Crippen LogP contribution in [-0.4, -0.2) is 19.9 Å². The normalized spacial score (nSPS) is 11.2. The highest BCUT2D eigenvalue weighted by Gasteiger charge is 2.06. The van der Waals surface area contributed by atoms with E-state index < -0.39 is 0 Å². The van der Waals surface area contributed by atoms with Crippen molar-refractivity contribution in [3.8, 4) is 0 Å². The lowest BCUT2D eigenvalue weighted by Gasteiger charge is -1.93. The van der Waals surface area contributed by atoms with Gasteiger partial charge in [-0.05, 0) is 13.0 Å². The SMILES string of the molecule is Cc1ncnc2[nH]c3cnccc3c12. The number of nitrogens with zero attached hydrogens (tertiary/aromatic N) is 3. The van der Waals surface area contributed by atoms with Gasteiger partial charge in [-0.15, -0.1) is 0 Å². The molecule has 3 aromatic heterocycles. The first-order chi connectivity index (χ1) is 6.86. The van der Waals surface area contributed by atoms with Crippen LogP contribution < -0.4 is 0 Å². The molecule has 0 amide bonds. The van der Waals surface area contributed by atoms with Gasteiger partial charge in [0.05, 0.1) is 17.4 Å². The van der Waals surface area contributed by atoms with Crippen LogP contribution in [0.5, 0.6) is 0 Å². The van der Waals surface area contributed by atoms with Gasteiger partial charge in [0.15, 0.2) is 0 Å². The summed E-state index contributed by atoms with van der Waals surface area (Å²) < 4.78 is 0. The summed E-state index contributed by atoms with van der Waals surface area (Å²) in [5.74, 6) is 0. The van der Waals surface area contributed by atoms with Gasteiger partial charge in [0.1, 0.15) is 12.0 Å². The molecule has 0 saturated heterocycles. The van der Waals surface area contributed by atoms with Crippen molar-refractivity contribution in [1.82, 2.24) is 19.9 Å². The molecule has 0 saturated carbocycles. The van der Waals surface area contributed by atoms with Crippen molar-refractivity contribution in [3.05, 3.63) is 30.5 Å². The maximum atomic E-state index is 4.18. The van der Waals surface area contributed by atoms with E-state index in [-0.39, 0.29) is 0 Å². The summed E-state index contributed by atoms with van der Waals surface area (Å²) in [7, 11) is 0. The number of aromatic nitrogens is 4. The molecule has 3 aromatic rings. The Labute approximate surface area is 80.0 Å². The number of H-pyrrole nitrogens is 1. The molecule has 1 N–H and O–H groups in total. The molecule has 0 unspecified atom stereocenters. The van der Waals surface area contributed by atoms with Gasteiger partial charge in [0.25, 0.3) is 0 Å². The van der Waals surface area contributed by atoms with Crippen LogP contribution in [0.3, 0.4) is 0 Å². The number of aryl methyl sites for hydroxylation is 1. The second-order valence-electron chi connectivity index (χ2n) is 3.23. The molecule has 3 heterocycles. The van der Waals surface area contributed by atoms with E-state index in [1.807, 2.05) is 13.0 Å². The Hall–Kier alpha value is -1.97. The molecule has 3 rings (SSSR count). The average Bonchev–Trinajstić information content (AvgIpc) is 2.57. The molecular formula is C10H8N4. The number of nitrogens with one attached hydrogen (secondary N) is 1. The van der Waals surface area contributed by atoms with Crippen molar-refractivity contribution in [3.63, 3.8) is 0 Å². The second-order valence-corrected chi connectivity index (χ2v) is 3.23. The molecule has 68 valence electrons. The van der Waals surface area contributed by atoms with Crippen molar-refractivity contribution in [2.24, 2.45) is 0 Å². The molecule has 0 spiro atoms. The summed E-state index contributed by atoms with van der Waals surface area (Å²) in [5.41, 5.74) is 2.87. The maximum absolute atomic E-state index is 4.18. The Balaban J connectivity index is 2.65. The van der Waals surface area contributed by atoms with Gasteiger partial charge in [0.2, 0.25) is 0 Å². The summed E-state index contributed by atoms with van der Waals surface area (Å²) in [4.78, 5) is 15.6. The van der Waals surface area contributed by atoms with Gasteiger partial charge in [-0.25, -0.2) is 9.97 Å². The average molecular weight is 184 g/mol. The fourth-order valence-electron chi connectivity index (χ4n) is 1.73. The van der Waals surface area contributed by atoms with E-state index in [0.717, 1.165) is 27.6 Å². The smallest absolute Gasteiger partial charge is 0.142 e. The first-order valence-electron chi connectivity index (χ1n) is 4.39. The van der Waals surface area contributed by atoms with E-state index in [2.05, 4.69) is 19.9 Å². The predicted octanol–water partition coefficient (Wildman–Crippen LogP) is 1.81. The van der Waals surface area contributed by atoms with E-state index >= 15 is 0 Å². The van der Waals surface area contributed by atoms with E-state index in [4.69, 9.17) is 0 Å². The lowest BCUT2D eigenvalue weighted by atomic mass is 10.2. The number of hydrogen-bond donors (Lipinski definition) is 1. The molecule has 14 heavy (non-hydrogen) atoms. The minimum atomic E-state index is 0.875. The third kappa shape index (κ3) is 0.849. The number of fused-ring (bicyclic) bond motifs is 3. The van der Waals surface area contributed by atoms with Crippen molar-refractivity contribution >= 4 is 21.9 Å². The number of aromatic amines is 1. The number of hydrogen-bond acceptors (Lipinski definition) is 3. The van der Waals surface area contributed by atoms with Crippen molar-refractivity contribution in [1.29, 1.82) is 0 Å². The third-order valence-corrected chi connectivity index (χ3v) is 2.38. The fourth-order valence-corrected chi connectivity index (χ4v) is 1.73. The zero-order valence-electron chi connectivity index (χ0n) is 7.65. The molecule has 0 radical (unpaired) electrons. The molecular weight excluding hydrogens is 176 g/mol. The molecule has 4 heteroatoms. The Kier molecular flexibility index (Phi) is 1.33. The van der Waals surface area contributed by atoms with Crippen LogP contribution in [0.4, 0.5) is 0 Å².